The Kier molecular flexibility index (Phi) is 8.00. The molecule has 31 heavy (non-hydrogen) atoms. The number of aryl methyl sites for hydroxylation is 1. The van der Waals surface area contributed by atoms with Gasteiger partial charge in [0.15, 0.2) is 0 Å². The summed E-state index contributed by atoms with van der Waals surface area (Å²) in [6.07, 6.45) is 8.57. The number of rotatable bonds is 11. The maximum absolute atomic E-state index is 13.9. The molecule has 0 bridgehead atoms. The van der Waals surface area contributed by atoms with Crippen LogP contribution < -0.4 is 5.32 Å². The smallest absolute Gasteiger partial charge is 0.303 e. The van der Waals surface area contributed by atoms with Crippen LogP contribution in [-0.4, -0.2) is 52.6 Å². The molecular weight excluding hydrogens is 397 g/mol. The van der Waals surface area contributed by atoms with Crippen LogP contribution in [0.1, 0.15) is 37.7 Å². The number of carbonyl (C=O) groups excluding carboxylic acids is 1. The molecule has 1 aliphatic heterocycles. The van der Waals surface area contributed by atoms with E-state index in [4.69, 9.17) is 5.11 Å². The number of fused-ring (bicyclic) bond motifs is 1. The molecular formula is C24H30FN3O3. The van der Waals surface area contributed by atoms with Crippen molar-refractivity contribution in [2.45, 2.75) is 38.6 Å². The lowest BCUT2D eigenvalue weighted by Gasteiger charge is -2.26. The third-order valence-electron chi connectivity index (χ3n) is 5.60. The number of carbonyl (C=O) groups is 2. The van der Waals surface area contributed by atoms with Gasteiger partial charge in [-0.15, -0.1) is 6.58 Å². The number of carboxylic acids is 1. The highest BCUT2D eigenvalue weighted by Crippen LogP contribution is 2.31. The number of halogens is 1. The molecule has 0 spiro atoms. The van der Waals surface area contributed by atoms with Crippen molar-refractivity contribution in [2.75, 3.05) is 26.2 Å². The molecule has 2 N–H and O–H groups in total. The highest BCUT2D eigenvalue weighted by Gasteiger charge is 2.18. The zero-order chi connectivity index (χ0) is 22.2. The average Bonchev–Trinajstić information content (AvgIpc) is 3.10. The van der Waals surface area contributed by atoms with Gasteiger partial charge in [-0.3, -0.25) is 14.5 Å². The van der Waals surface area contributed by atoms with Crippen molar-refractivity contribution in [2.24, 2.45) is 0 Å². The highest BCUT2D eigenvalue weighted by molar-refractivity contribution is 5.93. The Morgan fingerprint density at radius 3 is 2.81 bits per heavy atom. The maximum atomic E-state index is 13.9. The second-order valence-electron chi connectivity index (χ2n) is 7.85. The summed E-state index contributed by atoms with van der Waals surface area (Å²) in [4.78, 5) is 24.8. The molecule has 166 valence electrons. The van der Waals surface area contributed by atoms with E-state index in [1.54, 1.807) is 18.2 Å². The molecule has 0 aliphatic carbocycles. The normalized spacial score (nSPS) is 14.4. The largest absolute Gasteiger partial charge is 0.481 e. The van der Waals surface area contributed by atoms with E-state index in [9.17, 15) is 14.0 Å². The molecule has 0 unspecified atom stereocenters. The number of aliphatic carboxylic acids is 1. The van der Waals surface area contributed by atoms with Gasteiger partial charge in [0.05, 0.1) is 0 Å². The van der Waals surface area contributed by atoms with Crippen molar-refractivity contribution >= 4 is 28.4 Å². The molecule has 1 amide bonds. The minimum Gasteiger partial charge on any atom is -0.481 e. The number of nitrogens with one attached hydrogen (secondary N) is 1. The predicted molar refractivity (Wildman–Crippen MR) is 120 cm³/mol. The van der Waals surface area contributed by atoms with E-state index < -0.39 is 5.97 Å². The Bertz CT molecular complexity index is 980. The average molecular weight is 428 g/mol. The van der Waals surface area contributed by atoms with E-state index in [1.807, 2.05) is 10.8 Å². The van der Waals surface area contributed by atoms with Crippen LogP contribution in [0.3, 0.4) is 0 Å². The van der Waals surface area contributed by atoms with Gasteiger partial charge in [-0.1, -0.05) is 12.2 Å². The molecule has 7 heteroatoms. The van der Waals surface area contributed by atoms with E-state index in [2.05, 4.69) is 22.9 Å². The van der Waals surface area contributed by atoms with Crippen LogP contribution in [0.4, 0.5) is 4.39 Å². The fraction of sp³-hybridized carbons (Fsp3) is 0.417. The number of amides is 1. The molecule has 1 aromatic carbocycles. The summed E-state index contributed by atoms with van der Waals surface area (Å²) in [6, 6.07) is 4.77. The number of hydrogen-bond donors (Lipinski definition) is 2. The first-order valence-corrected chi connectivity index (χ1v) is 10.8. The van der Waals surface area contributed by atoms with Gasteiger partial charge in [-0.05, 0) is 43.0 Å². The molecule has 1 aliphatic rings. The third kappa shape index (κ3) is 6.28. The number of aromatic nitrogens is 1. The minimum absolute atomic E-state index is 0.0471. The highest BCUT2D eigenvalue weighted by atomic mass is 19.1. The molecule has 0 saturated carbocycles. The van der Waals surface area contributed by atoms with Crippen LogP contribution >= 0.6 is 0 Å². The minimum atomic E-state index is -0.810. The van der Waals surface area contributed by atoms with Crippen molar-refractivity contribution in [3.63, 3.8) is 0 Å². The van der Waals surface area contributed by atoms with Crippen molar-refractivity contribution in [1.29, 1.82) is 0 Å². The molecule has 2 heterocycles. The van der Waals surface area contributed by atoms with E-state index in [1.165, 1.54) is 11.6 Å². The fourth-order valence-electron chi connectivity index (χ4n) is 3.94. The van der Waals surface area contributed by atoms with Crippen LogP contribution in [0.15, 0.2) is 43.1 Å². The summed E-state index contributed by atoms with van der Waals surface area (Å²) in [7, 11) is 0. The van der Waals surface area contributed by atoms with E-state index in [-0.39, 0.29) is 18.1 Å². The fourth-order valence-corrected chi connectivity index (χ4v) is 3.94. The first-order chi connectivity index (χ1) is 15.0. The third-order valence-corrected chi connectivity index (χ3v) is 5.60. The summed E-state index contributed by atoms with van der Waals surface area (Å²) < 4.78 is 16.0. The second kappa shape index (κ2) is 10.9. The lowest BCUT2D eigenvalue weighted by atomic mass is 9.99. The Morgan fingerprint density at radius 1 is 1.26 bits per heavy atom. The van der Waals surface area contributed by atoms with E-state index in [0.717, 1.165) is 42.5 Å². The molecule has 0 radical (unpaired) electrons. The van der Waals surface area contributed by atoms with Crippen molar-refractivity contribution in [3.8, 4) is 0 Å². The Balaban J connectivity index is 1.65. The predicted octanol–water partition coefficient (Wildman–Crippen LogP) is 3.82. The number of carboxylic acid groups (broad SMARTS) is 1. The van der Waals surface area contributed by atoms with Crippen molar-refractivity contribution in [1.82, 2.24) is 14.8 Å². The first-order valence-electron chi connectivity index (χ1n) is 10.8. The lowest BCUT2D eigenvalue weighted by Crippen LogP contribution is -2.37. The number of nitrogens with zero attached hydrogens (tertiary/aromatic N) is 2. The van der Waals surface area contributed by atoms with Crippen LogP contribution in [-0.2, 0) is 16.1 Å². The van der Waals surface area contributed by atoms with Crippen LogP contribution in [0, 0.1) is 5.82 Å². The molecule has 1 aromatic heterocycles. The van der Waals surface area contributed by atoms with Crippen molar-refractivity contribution < 1.29 is 19.1 Å². The molecule has 6 nitrogen and oxygen atoms in total. The van der Waals surface area contributed by atoms with Crippen LogP contribution in [0.2, 0.25) is 0 Å². The summed E-state index contributed by atoms with van der Waals surface area (Å²) in [5, 5.41) is 12.7. The second-order valence-corrected chi connectivity index (χ2v) is 7.85. The molecule has 2 aromatic rings. The number of allylic oxidation sites excluding steroid dienone is 1. The molecule has 0 saturated heterocycles. The summed E-state index contributed by atoms with van der Waals surface area (Å²) in [6.45, 7) is 7.26. The van der Waals surface area contributed by atoms with Gasteiger partial charge in [-0.2, -0.15) is 0 Å². The zero-order valence-electron chi connectivity index (χ0n) is 17.8. The van der Waals surface area contributed by atoms with Gasteiger partial charge in [0, 0.05) is 68.2 Å². The summed E-state index contributed by atoms with van der Waals surface area (Å²) >= 11 is 0. The topological polar surface area (TPSA) is 74.6 Å². The van der Waals surface area contributed by atoms with E-state index in [0.29, 0.717) is 32.4 Å². The Labute approximate surface area is 182 Å². The lowest BCUT2D eigenvalue weighted by molar-refractivity contribution is -0.137. The maximum Gasteiger partial charge on any atom is 0.303 e. The van der Waals surface area contributed by atoms with Gasteiger partial charge in [0.25, 0.3) is 0 Å². The summed E-state index contributed by atoms with van der Waals surface area (Å²) in [5.74, 6) is -1.04. The zero-order valence-corrected chi connectivity index (χ0v) is 17.8. The Hall–Kier alpha value is -2.93. The number of benzene rings is 1. The number of hydrogen-bond acceptors (Lipinski definition) is 3. The Morgan fingerprint density at radius 2 is 2.10 bits per heavy atom. The summed E-state index contributed by atoms with van der Waals surface area (Å²) in [5.41, 5.74) is 3.12. The molecule has 0 fully saturated rings. The quantitative estimate of drug-likeness (QED) is 0.535. The first kappa shape index (κ1) is 22.7. The van der Waals surface area contributed by atoms with Gasteiger partial charge in [0.1, 0.15) is 5.82 Å². The standard InChI is InChI=1S/C24H30FN3O3/c1-2-3-5-23(29)26-11-15-27-13-9-18(10-14-27)21-17-28(12-4-6-24(30)31)22-8-7-19(25)16-20(21)22/h2,7-9,16-17H,1,3-6,10-15H2,(H,26,29)(H,30,31). The van der Waals surface area contributed by atoms with Crippen LogP contribution in [0.5, 0.6) is 0 Å². The van der Waals surface area contributed by atoms with Gasteiger partial charge in [0.2, 0.25) is 5.91 Å². The molecule has 0 atom stereocenters. The SMILES string of the molecule is C=CCCC(=O)NCCN1CC=C(c2cn(CCCC(=O)O)c3ccc(F)cc23)CC1. The monoisotopic (exact) mass is 427 g/mol. The van der Waals surface area contributed by atoms with Crippen LogP contribution in [0.25, 0.3) is 16.5 Å². The van der Waals surface area contributed by atoms with Gasteiger partial charge < -0.3 is 15.0 Å². The van der Waals surface area contributed by atoms with E-state index >= 15 is 0 Å². The van der Waals surface area contributed by atoms with Gasteiger partial charge in [-0.25, -0.2) is 4.39 Å². The van der Waals surface area contributed by atoms with Gasteiger partial charge >= 0.3 is 5.97 Å². The molecule has 3 rings (SSSR count). The van der Waals surface area contributed by atoms with Crippen molar-refractivity contribution in [3.05, 3.63) is 54.5 Å².